The molecule has 0 saturated carbocycles. The van der Waals surface area contributed by atoms with Gasteiger partial charge in [0.05, 0.1) is 13.2 Å². The Bertz CT molecular complexity index is 535. The second kappa shape index (κ2) is 8.08. The maximum Gasteiger partial charge on any atom is 0.225 e. The van der Waals surface area contributed by atoms with E-state index in [1.54, 1.807) is 0 Å². The van der Waals surface area contributed by atoms with Crippen LogP contribution < -0.4 is 0 Å². The van der Waals surface area contributed by atoms with Crippen molar-refractivity contribution in [3.63, 3.8) is 0 Å². The van der Waals surface area contributed by atoms with Gasteiger partial charge in [0.1, 0.15) is 5.82 Å². The summed E-state index contributed by atoms with van der Waals surface area (Å²) in [6.07, 6.45) is 1.87. The van der Waals surface area contributed by atoms with Crippen LogP contribution in [0.25, 0.3) is 0 Å². The highest BCUT2D eigenvalue weighted by Gasteiger charge is 2.29. The highest BCUT2D eigenvalue weighted by molar-refractivity contribution is 5.79. The van der Waals surface area contributed by atoms with Crippen LogP contribution in [0.5, 0.6) is 0 Å². The largest absolute Gasteiger partial charge is 0.378 e. The van der Waals surface area contributed by atoms with E-state index in [2.05, 4.69) is 11.8 Å². The van der Waals surface area contributed by atoms with E-state index < -0.39 is 0 Å². The molecule has 2 heterocycles. The van der Waals surface area contributed by atoms with Crippen molar-refractivity contribution in [2.45, 2.75) is 25.7 Å². The third kappa shape index (κ3) is 4.33. The fourth-order valence-electron chi connectivity index (χ4n) is 3.69. The quantitative estimate of drug-likeness (QED) is 0.848. The zero-order chi connectivity index (χ0) is 16.9. The van der Waals surface area contributed by atoms with Gasteiger partial charge in [-0.25, -0.2) is 4.39 Å². The van der Waals surface area contributed by atoms with E-state index in [1.165, 1.54) is 17.7 Å². The second-order valence-electron chi connectivity index (χ2n) is 6.97. The number of amides is 1. The molecule has 0 unspecified atom stereocenters. The standard InChI is InChI=1S/C19H27FN2O2/c1-15(16-2-4-18(20)5-3-16)14-21-8-6-17(7-9-21)19(23)22-10-12-24-13-11-22/h2-5,15,17H,6-14H2,1H3/t15-/m0/s1. The van der Waals surface area contributed by atoms with Crippen LogP contribution in [0.4, 0.5) is 4.39 Å². The SMILES string of the molecule is C[C@@H](CN1CCC(C(=O)N2CCOCC2)CC1)c1ccc(F)cc1. The van der Waals surface area contributed by atoms with E-state index in [4.69, 9.17) is 4.74 Å². The van der Waals surface area contributed by atoms with Crippen molar-refractivity contribution in [2.75, 3.05) is 45.9 Å². The van der Waals surface area contributed by atoms with E-state index in [9.17, 15) is 9.18 Å². The molecule has 0 bridgehead atoms. The Hall–Kier alpha value is -1.46. The van der Waals surface area contributed by atoms with Crippen LogP contribution in [0.15, 0.2) is 24.3 Å². The fraction of sp³-hybridized carbons (Fsp3) is 0.632. The minimum Gasteiger partial charge on any atom is -0.378 e. The van der Waals surface area contributed by atoms with Gasteiger partial charge >= 0.3 is 0 Å². The van der Waals surface area contributed by atoms with Gasteiger partial charge in [-0.3, -0.25) is 4.79 Å². The number of nitrogens with zero attached hydrogens (tertiary/aromatic N) is 2. The Morgan fingerprint density at radius 2 is 1.79 bits per heavy atom. The van der Waals surface area contributed by atoms with Crippen molar-refractivity contribution in [1.29, 1.82) is 0 Å². The molecular weight excluding hydrogens is 307 g/mol. The number of likely N-dealkylation sites (tertiary alicyclic amines) is 1. The first-order chi connectivity index (χ1) is 11.6. The number of hydrogen-bond acceptors (Lipinski definition) is 3. The summed E-state index contributed by atoms with van der Waals surface area (Å²) in [5.74, 6) is 0.662. The molecule has 2 saturated heterocycles. The van der Waals surface area contributed by atoms with Gasteiger partial charge in [-0.2, -0.15) is 0 Å². The van der Waals surface area contributed by atoms with Gasteiger partial charge < -0.3 is 14.5 Å². The average molecular weight is 334 g/mol. The smallest absolute Gasteiger partial charge is 0.225 e. The number of carbonyl (C=O) groups excluding carboxylic acids is 1. The molecule has 132 valence electrons. The molecule has 2 fully saturated rings. The monoisotopic (exact) mass is 334 g/mol. The first kappa shape index (κ1) is 17.4. The third-order valence-corrected chi connectivity index (χ3v) is 5.23. The molecule has 0 aliphatic carbocycles. The number of piperidine rings is 1. The zero-order valence-corrected chi connectivity index (χ0v) is 14.4. The molecule has 2 aliphatic rings. The lowest BCUT2D eigenvalue weighted by Crippen LogP contribution is -2.47. The van der Waals surface area contributed by atoms with E-state index in [-0.39, 0.29) is 11.7 Å². The fourth-order valence-corrected chi connectivity index (χ4v) is 3.69. The molecule has 24 heavy (non-hydrogen) atoms. The average Bonchev–Trinajstić information content (AvgIpc) is 2.63. The molecule has 3 rings (SSSR count). The first-order valence-corrected chi connectivity index (χ1v) is 8.98. The maximum atomic E-state index is 13.0. The van der Waals surface area contributed by atoms with Crippen molar-refractivity contribution in [3.05, 3.63) is 35.6 Å². The Morgan fingerprint density at radius 3 is 2.42 bits per heavy atom. The summed E-state index contributed by atoms with van der Waals surface area (Å²) in [7, 11) is 0. The summed E-state index contributed by atoms with van der Waals surface area (Å²) >= 11 is 0. The predicted molar refractivity (Wildman–Crippen MR) is 91.4 cm³/mol. The lowest BCUT2D eigenvalue weighted by molar-refractivity contribution is -0.141. The number of halogens is 1. The summed E-state index contributed by atoms with van der Waals surface area (Å²) in [5, 5.41) is 0. The second-order valence-corrected chi connectivity index (χ2v) is 6.97. The number of ether oxygens (including phenoxy) is 1. The summed E-state index contributed by atoms with van der Waals surface area (Å²) < 4.78 is 18.3. The normalized spacial score (nSPS) is 21.7. The van der Waals surface area contributed by atoms with Gasteiger partial charge in [0.25, 0.3) is 0 Å². The van der Waals surface area contributed by atoms with E-state index in [0.717, 1.165) is 45.6 Å². The molecular formula is C19H27FN2O2. The van der Waals surface area contributed by atoms with Crippen LogP contribution in [0.2, 0.25) is 0 Å². The van der Waals surface area contributed by atoms with Gasteiger partial charge in [-0.15, -0.1) is 0 Å². The van der Waals surface area contributed by atoms with Crippen molar-refractivity contribution in [1.82, 2.24) is 9.80 Å². The van der Waals surface area contributed by atoms with Crippen LogP contribution in [0, 0.1) is 11.7 Å². The maximum absolute atomic E-state index is 13.0. The zero-order valence-electron chi connectivity index (χ0n) is 14.4. The van der Waals surface area contributed by atoms with E-state index in [1.807, 2.05) is 17.0 Å². The van der Waals surface area contributed by atoms with Crippen LogP contribution in [0.3, 0.4) is 0 Å². The van der Waals surface area contributed by atoms with Gasteiger partial charge in [-0.05, 0) is 49.5 Å². The Morgan fingerprint density at radius 1 is 1.17 bits per heavy atom. The number of rotatable bonds is 4. The molecule has 1 aromatic rings. The number of morpholine rings is 1. The predicted octanol–water partition coefficient (Wildman–Crippen LogP) is 2.50. The molecule has 5 heteroatoms. The molecule has 0 radical (unpaired) electrons. The summed E-state index contributed by atoms with van der Waals surface area (Å²) in [6, 6.07) is 6.79. The highest BCUT2D eigenvalue weighted by atomic mass is 19.1. The Kier molecular flexibility index (Phi) is 5.85. The molecule has 2 aliphatic heterocycles. The third-order valence-electron chi connectivity index (χ3n) is 5.23. The molecule has 0 spiro atoms. The summed E-state index contributed by atoms with van der Waals surface area (Å²) in [5.41, 5.74) is 1.17. The summed E-state index contributed by atoms with van der Waals surface area (Å²) in [6.45, 7) is 7.88. The van der Waals surface area contributed by atoms with E-state index >= 15 is 0 Å². The number of benzene rings is 1. The molecule has 1 atom stereocenters. The van der Waals surface area contributed by atoms with Crippen molar-refractivity contribution >= 4 is 5.91 Å². The van der Waals surface area contributed by atoms with Crippen molar-refractivity contribution in [2.24, 2.45) is 5.92 Å². The van der Waals surface area contributed by atoms with Crippen LogP contribution >= 0.6 is 0 Å². The van der Waals surface area contributed by atoms with Crippen molar-refractivity contribution < 1.29 is 13.9 Å². The molecule has 1 aromatic carbocycles. The minimum atomic E-state index is -0.187. The minimum absolute atomic E-state index is 0.167. The van der Waals surface area contributed by atoms with Gasteiger partial charge in [0.15, 0.2) is 0 Å². The Balaban J connectivity index is 1.46. The van der Waals surface area contributed by atoms with E-state index in [0.29, 0.717) is 25.0 Å². The lowest BCUT2D eigenvalue weighted by atomic mass is 9.93. The van der Waals surface area contributed by atoms with Crippen molar-refractivity contribution in [3.8, 4) is 0 Å². The molecule has 4 nitrogen and oxygen atoms in total. The van der Waals surface area contributed by atoms with Crippen LogP contribution in [-0.2, 0) is 9.53 Å². The Labute approximate surface area is 143 Å². The van der Waals surface area contributed by atoms with Gasteiger partial charge in [0.2, 0.25) is 5.91 Å². The molecule has 0 N–H and O–H groups in total. The topological polar surface area (TPSA) is 32.8 Å². The summed E-state index contributed by atoms with van der Waals surface area (Å²) in [4.78, 5) is 16.9. The number of hydrogen-bond donors (Lipinski definition) is 0. The first-order valence-electron chi connectivity index (χ1n) is 8.98. The van der Waals surface area contributed by atoms with Crippen LogP contribution in [0.1, 0.15) is 31.2 Å². The van der Waals surface area contributed by atoms with Gasteiger partial charge in [-0.1, -0.05) is 19.1 Å². The highest BCUT2D eigenvalue weighted by Crippen LogP contribution is 2.23. The van der Waals surface area contributed by atoms with Crippen LogP contribution in [-0.4, -0.2) is 61.6 Å². The molecule has 1 amide bonds. The number of carbonyl (C=O) groups is 1. The van der Waals surface area contributed by atoms with Gasteiger partial charge in [0, 0.05) is 25.6 Å². The molecule has 0 aromatic heterocycles. The lowest BCUT2D eigenvalue weighted by Gasteiger charge is -2.36.